The molecule has 1 fully saturated rings. The van der Waals surface area contributed by atoms with Gasteiger partial charge >= 0.3 is 0 Å². The standard InChI is InChI=1S/C13H22ClN5/c1-4-15-12-16-8-10(14)11(18-12)17-9-13(19(2)3)6-5-7-13/h8H,4-7,9H2,1-3H3,(H2,15,16,17,18). The summed E-state index contributed by atoms with van der Waals surface area (Å²) in [5.41, 5.74) is 0.243. The van der Waals surface area contributed by atoms with Crippen molar-refractivity contribution < 1.29 is 0 Å². The first-order chi connectivity index (χ1) is 9.07. The normalized spacial score (nSPS) is 17.1. The molecule has 1 aromatic heterocycles. The van der Waals surface area contributed by atoms with Gasteiger partial charge in [0, 0.05) is 18.6 Å². The number of aromatic nitrogens is 2. The molecule has 0 aliphatic heterocycles. The highest BCUT2D eigenvalue weighted by Crippen LogP contribution is 2.36. The van der Waals surface area contributed by atoms with E-state index in [0.717, 1.165) is 13.1 Å². The molecule has 0 unspecified atom stereocenters. The molecule has 6 heteroatoms. The third-order valence-electron chi connectivity index (χ3n) is 3.90. The third-order valence-corrected chi connectivity index (χ3v) is 4.17. The molecule has 0 spiro atoms. The molecule has 1 saturated carbocycles. The molecule has 1 aromatic rings. The van der Waals surface area contributed by atoms with Crippen LogP contribution in [-0.4, -0.2) is 47.6 Å². The lowest BCUT2D eigenvalue weighted by Crippen LogP contribution is -2.54. The summed E-state index contributed by atoms with van der Waals surface area (Å²) in [6.45, 7) is 3.67. The second kappa shape index (κ2) is 5.92. The van der Waals surface area contributed by atoms with Crippen LogP contribution in [0.1, 0.15) is 26.2 Å². The average molecular weight is 284 g/mol. The summed E-state index contributed by atoms with van der Waals surface area (Å²) in [7, 11) is 4.26. The summed E-state index contributed by atoms with van der Waals surface area (Å²) in [5.74, 6) is 1.32. The van der Waals surface area contributed by atoms with Crippen LogP contribution in [0.25, 0.3) is 0 Å². The second-order valence-corrected chi connectivity index (χ2v) is 5.65. The van der Waals surface area contributed by atoms with Gasteiger partial charge in [-0.15, -0.1) is 0 Å². The van der Waals surface area contributed by atoms with E-state index >= 15 is 0 Å². The van der Waals surface area contributed by atoms with Gasteiger partial charge in [0.05, 0.1) is 6.20 Å². The van der Waals surface area contributed by atoms with Crippen LogP contribution in [0.2, 0.25) is 5.02 Å². The molecule has 1 aliphatic rings. The first-order valence-corrected chi connectivity index (χ1v) is 7.13. The monoisotopic (exact) mass is 283 g/mol. The number of halogens is 1. The first kappa shape index (κ1) is 14.3. The third kappa shape index (κ3) is 3.09. The topological polar surface area (TPSA) is 53.1 Å². The predicted octanol–water partition coefficient (Wildman–Crippen LogP) is 2.46. The number of anilines is 2. The van der Waals surface area contributed by atoms with Crippen molar-refractivity contribution in [3.05, 3.63) is 11.2 Å². The Labute approximate surface area is 119 Å². The van der Waals surface area contributed by atoms with Gasteiger partial charge in [0.25, 0.3) is 0 Å². The Morgan fingerprint density at radius 3 is 2.63 bits per heavy atom. The zero-order chi connectivity index (χ0) is 13.9. The lowest BCUT2D eigenvalue weighted by Gasteiger charge is -2.47. The van der Waals surface area contributed by atoms with Gasteiger partial charge in [-0.2, -0.15) is 4.98 Å². The Hall–Kier alpha value is -1.07. The van der Waals surface area contributed by atoms with E-state index in [4.69, 9.17) is 11.6 Å². The smallest absolute Gasteiger partial charge is 0.224 e. The van der Waals surface area contributed by atoms with Crippen molar-refractivity contribution in [2.24, 2.45) is 0 Å². The van der Waals surface area contributed by atoms with Gasteiger partial charge in [0.2, 0.25) is 5.95 Å². The van der Waals surface area contributed by atoms with Crippen molar-refractivity contribution >= 4 is 23.4 Å². The van der Waals surface area contributed by atoms with Gasteiger partial charge in [0.15, 0.2) is 5.82 Å². The van der Waals surface area contributed by atoms with E-state index in [2.05, 4.69) is 39.6 Å². The van der Waals surface area contributed by atoms with Crippen LogP contribution >= 0.6 is 11.6 Å². The fraction of sp³-hybridized carbons (Fsp3) is 0.692. The Kier molecular flexibility index (Phi) is 4.47. The molecule has 0 amide bonds. The number of hydrogen-bond donors (Lipinski definition) is 2. The maximum absolute atomic E-state index is 6.14. The van der Waals surface area contributed by atoms with E-state index < -0.39 is 0 Å². The van der Waals surface area contributed by atoms with Crippen LogP contribution in [0.3, 0.4) is 0 Å². The fourth-order valence-corrected chi connectivity index (χ4v) is 2.51. The molecule has 19 heavy (non-hydrogen) atoms. The average Bonchev–Trinajstić information content (AvgIpc) is 2.31. The van der Waals surface area contributed by atoms with E-state index in [1.165, 1.54) is 19.3 Å². The summed E-state index contributed by atoms with van der Waals surface area (Å²) in [4.78, 5) is 10.8. The Balaban J connectivity index is 2.04. The van der Waals surface area contributed by atoms with Gasteiger partial charge < -0.3 is 15.5 Å². The minimum absolute atomic E-state index is 0.243. The van der Waals surface area contributed by atoms with Crippen LogP contribution in [0, 0.1) is 0 Å². The largest absolute Gasteiger partial charge is 0.367 e. The number of rotatable bonds is 6. The van der Waals surface area contributed by atoms with Crippen molar-refractivity contribution in [3.63, 3.8) is 0 Å². The molecule has 0 saturated heterocycles. The summed E-state index contributed by atoms with van der Waals surface area (Å²) in [6.07, 6.45) is 5.36. The molecule has 0 atom stereocenters. The van der Waals surface area contributed by atoms with Gasteiger partial charge in [0.1, 0.15) is 5.02 Å². The second-order valence-electron chi connectivity index (χ2n) is 5.25. The molecule has 1 heterocycles. The molecule has 5 nitrogen and oxygen atoms in total. The summed E-state index contributed by atoms with van der Waals surface area (Å²) in [5, 5.41) is 7.03. The number of hydrogen-bond acceptors (Lipinski definition) is 5. The van der Waals surface area contributed by atoms with Gasteiger partial charge in [-0.3, -0.25) is 0 Å². The molecule has 106 valence electrons. The summed E-state index contributed by atoms with van der Waals surface area (Å²) in [6, 6.07) is 0. The highest BCUT2D eigenvalue weighted by Gasteiger charge is 2.38. The fourth-order valence-electron chi connectivity index (χ4n) is 2.35. The lowest BCUT2D eigenvalue weighted by molar-refractivity contribution is 0.0738. The Bertz CT molecular complexity index is 431. The zero-order valence-electron chi connectivity index (χ0n) is 11.8. The molecule has 2 rings (SSSR count). The van der Waals surface area contributed by atoms with Crippen molar-refractivity contribution in [2.75, 3.05) is 37.8 Å². The molecule has 2 N–H and O–H groups in total. The lowest BCUT2D eigenvalue weighted by atomic mass is 9.75. The summed E-state index contributed by atoms with van der Waals surface area (Å²) < 4.78 is 0. The maximum Gasteiger partial charge on any atom is 0.224 e. The van der Waals surface area contributed by atoms with E-state index in [-0.39, 0.29) is 5.54 Å². The number of nitrogens with one attached hydrogen (secondary N) is 2. The molecule has 1 aliphatic carbocycles. The van der Waals surface area contributed by atoms with Crippen LogP contribution < -0.4 is 10.6 Å². The van der Waals surface area contributed by atoms with Crippen LogP contribution in [0.15, 0.2) is 6.20 Å². The minimum Gasteiger partial charge on any atom is -0.367 e. The maximum atomic E-state index is 6.14. The van der Waals surface area contributed by atoms with Crippen molar-refractivity contribution in [2.45, 2.75) is 31.7 Å². The molecule has 0 radical (unpaired) electrons. The Morgan fingerprint density at radius 1 is 1.37 bits per heavy atom. The van der Waals surface area contributed by atoms with Crippen LogP contribution in [0.5, 0.6) is 0 Å². The van der Waals surface area contributed by atoms with Gasteiger partial charge in [-0.25, -0.2) is 4.98 Å². The minimum atomic E-state index is 0.243. The van der Waals surface area contributed by atoms with E-state index in [0.29, 0.717) is 16.8 Å². The van der Waals surface area contributed by atoms with E-state index in [1.54, 1.807) is 6.20 Å². The van der Waals surface area contributed by atoms with Crippen molar-refractivity contribution in [3.8, 4) is 0 Å². The summed E-state index contributed by atoms with van der Waals surface area (Å²) >= 11 is 6.14. The molecular formula is C13H22ClN5. The van der Waals surface area contributed by atoms with Crippen molar-refractivity contribution in [1.29, 1.82) is 0 Å². The highest BCUT2D eigenvalue weighted by molar-refractivity contribution is 6.32. The highest BCUT2D eigenvalue weighted by atomic mass is 35.5. The van der Waals surface area contributed by atoms with Crippen molar-refractivity contribution in [1.82, 2.24) is 14.9 Å². The molecular weight excluding hydrogens is 262 g/mol. The van der Waals surface area contributed by atoms with Crippen LogP contribution in [0.4, 0.5) is 11.8 Å². The Morgan fingerprint density at radius 2 is 2.11 bits per heavy atom. The predicted molar refractivity (Wildman–Crippen MR) is 80.0 cm³/mol. The number of nitrogens with zero attached hydrogens (tertiary/aromatic N) is 3. The van der Waals surface area contributed by atoms with Gasteiger partial charge in [-0.05, 0) is 40.3 Å². The van der Waals surface area contributed by atoms with E-state index in [1.807, 2.05) is 6.92 Å². The SMILES string of the molecule is CCNc1ncc(Cl)c(NCC2(N(C)C)CCC2)n1. The van der Waals surface area contributed by atoms with E-state index in [9.17, 15) is 0 Å². The van der Waals surface area contributed by atoms with Crippen LogP contribution in [-0.2, 0) is 0 Å². The van der Waals surface area contributed by atoms with Gasteiger partial charge in [-0.1, -0.05) is 11.6 Å². The number of likely N-dealkylation sites (N-methyl/N-ethyl adjacent to an activating group) is 1. The molecule has 0 bridgehead atoms. The first-order valence-electron chi connectivity index (χ1n) is 6.75. The quantitative estimate of drug-likeness (QED) is 0.840. The molecule has 0 aromatic carbocycles. The zero-order valence-corrected chi connectivity index (χ0v) is 12.6.